The second-order valence-electron chi connectivity index (χ2n) is 6.30. The maximum absolute atomic E-state index is 12.1. The van der Waals surface area contributed by atoms with Crippen LogP contribution in [0.5, 0.6) is 0 Å². The smallest absolute Gasteiger partial charge is 0.224 e. The number of aliphatic imine (C=N–C) groups is 1. The number of hydrogen-bond donors (Lipinski definition) is 2. The summed E-state index contributed by atoms with van der Waals surface area (Å²) in [5.41, 5.74) is 1.29. The van der Waals surface area contributed by atoms with Crippen LogP contribution in [0.1, 0.15) is 44.6 Å². The Hall–Kier alpha value is -2.04. The zero-order chi connectivity index (χ0) is 17.2. The highest BCUT2D eigenvalue weighted by Gasteiger charge is 2.17. The molecular weight excluding hydrogens is 300 g/mol. The van der Waals surface area contributed by atoms with E-state index >= 15 is 0 Å². The molecule has 1 fully saturated rings. The van der Waals surface area contributed by atoms with E-state index in [1.165, 1.54) is 5.56 Å². The van der Waals surface area contributed by atoms with Crippen molar-refractivity contribution in [2.24, 2.45) is 4.99 Å². The van der Waals surface area contributed by atoms with E-state index < -0.39 is 0 Å². The molecule has 5 heteroatoms. The quantitative estimate of drug-likeness (QED) is 0.596. The minimum Gasteiger partial charge on any atom is -0.357 e. The van der Waals surface area contributed by atoms with Crippen LogP contribution in [0.3, 0.4) is 0 Å². The van der Waals surface area contributed by atoms with Gasteiger partial charge < -0.3 is 15.5 Å². The lowest BCUT2D eigenvalue weighted by atomic mass is 10.0. The van der Waals surface area contributed by atoms with E-state index in [9.17, 15) is 4.79 Å². The van der Waals surface area contributed by atoms with Crippen molar-refractivity contribution in [2.75, 3.05) is 32.7 Å². The highest BCUT2D eigenvalue weighted by atomic mass is 16.2. The Balaban J connectivity index is 1.78. The van der Waals surface area contributed by atoms with E-state index in [2.05, 4.69) is 46.8 Å². The van der Waals surface area contributed by atoms with Crippen molar-refractivity contribution in [1.29, 1.82) is 0 Å². The number of likely N-dealkylation sites (tertiary alicyclic amines) is 1. The summed E-state index contributed by atoms with van der Waals surface area (Å²) in [4.78, 5) is 18.7. The summed E-state index contributed by atoms with van der Waals surface area (Å²) in [5, 5.41) is 6.52. The Morgan fingerprint density at radius 3 is 2.58 bits per heavy atom. The first-order valence-corrected chi connectivity index (χ1v) is 9.05. The Bertz CT molecular complexity index is 523. The molecule has 24 heavy (non-hydrogen) atoms. The van der Waals surface area contributed by atoms with Crippen LogP contribution in [-0.2, 0) is 4.79 Å². The first kappa shape index (κ1) is 18.3. The third-order valence-corrected chi connectivity index (χ3v) is 4.33. The van der Waals surface area contributed by atoms with Gasteiger partial charge in [0.1, 0.15) is 0 Å². The molecule has 1 amide bonds. The molecule has 0 saturated carbocycles. The second-order valence-corrected chi connectivity index (χ2v) is 6.30. The summed E-state index contributed by atoms with van der Waals surface area (Å²) < 4.78 is 0. The van der Waals surface area contributed by atoms with Gasteiger partial charge in [0.25, 0.3) is 0 Å². The molecule has 1 aliphatic rings. The Kier molecular flexibility index (Phi) is 7.59. The maximum Gasteiger partial charge on any atom is 0.224 e. The lowest BCUT2D eigenvalue weighted by Gasteiger charge is -2.17. The first-order valence-electron chi connectivity index (χ1n) is 9.05. The van der Waals surface area contributed by atoms with Gasteiger partial charge in [-0.15, -0.1) is 0 Å². The van der Waals surface area contributed by atoms with Crippen molar-refractivity contribution in [2.45, 2.75) is 39.0 Å². The molecule has 1 atom stereocenters. The SMILES string of the molecule is CCNC(=NCC(C)c1ccccc1)NCCC(=O)N1CCCC1. The normalized spacial score (nSPS) is 16.1. The summed E-state index contributed by atoms with van der Waals surface area (Å²) in [5.74, 6) is 1.40. The molecule has 2 rings (SSSR count). The number of nitrogens with zero attached hydrogens (tertiary/aromatic N) is 2. The zero-order valence-corrected chi connectivity index (χ0v) is 14.9. The third kappa shape index (κ3) is 5.87. The monoisotopic (exact) mass is 330 g/mol. The number of guanidine groups is 1. The number of hydrogen-bond acceptors (Lipinski definition) is 2. The number of nitrogens with one attached hydrogen (secondary N) is 2. The molecule has 0 radical (unpaired) electrons. The van der Waals surface area contributed by atoms with E-state index in [1.54, 1.807) is 0 Å². The predicted octanol–water partition coefficient (Wildman–Crippen LogP) is 2.36. The van der Waals surface area contributed by atoms with Gasteiger partial charge in [-0.05, 0) is 25.3 Å². The molecule has 1 aromatic carbocycles. The van der Waals surface area contributed by atoms with Gasteiger partial charge in [0.05, 0.1) is 0 Å². The van der Waals surface area contributed by atoms with Crippen molar-refractivity contribution in [1.82, 2.24) is 15.5 Å². The highest BCUT2D eigenvalue weighted by Crippen LogP contribution is 2.14. The van der Waals surface area contributed by atoms with Gasteiger partial charge in [-0.3, -0.25) is 9.79 Å². The van der Waals surface area contributed by atoms with Crippen molar-refractivity contribution in [3.8, 4) is 0 Å². The number of benzene rings is 1. The van der Waals surface area contributed by atoms with E-state index in [4.69, 9.17) is 0 Å². The average molecular weight is 330 g/mol. The summed E-state index contributed by atoms with van der Waals surface area (Å²) >= 11 is 0. The molecule has 132 valence electrons. The zero-order valence-electron chi connectivity index (χ0n) is 14.9. The Morgan fingerprint density at radius 1 is 1.21 bits per heavy atom. The molecular formula is C19H30N4O. The summed E-state index contributed by atoms with van der Waals surface area (Å²) in [6.07, 6.45) is 2.81. The van der Waals surface area contributed by atoms with Crippen LogP contribution in [0.4, 0.5) is 0 Å². The number of carbonyl (C=O) groups excluding carboxylic acids is 1. The van der Waals surface area contributed by atoms with E-state index in [-0.39, 0.29) is 5.91 Å². The Morgan fingerprint density at radius 2 is 1.92 bits per heavy atom. The fraction of sp³-hybridized carbons (Fsp3) is 0.579. The average Bonchev–Trinajstić information content (AvgIpc) is 3.14. The third-order valence-electron chi connectivity index (χ3n) is 4.33. The minimum absolute atomic E-state index is 0.244. The molecule has 5 nitrogen and oxygen atoms in total. The van der Waals surface area contributed by atoms with Gasteiger partial charge >= 0.3 is 0 Å². The lowest BCUT2D eigenvalue weighted by molar-refractivity contribution is -0.129. The predicted molar refractivity (Wildman–Crippen MR) is 99.3 cm³/mol. The molecule has 1 saturated heterocycles. The van der Waals surface area contributed by atoms with E-state index in [1.807, 2.05) is 17.9 Å². The van der Waals surface area contributed by atoms with Crippen LogP contribution in [0.2, 0.25) is 0 Å². The lowest BCUT2D eigenvalue weighted by Crippen LogP contribution is -2.40. The van der Waals surface area contributed by atoms with Gasteiger partial charge in [0, 0.05) is 45.1 Å². The maximum atomic E-state index is 12.1. The Labute approximate surface area is 145 Å². The summed E-state index contributed by atoms with van der Waals surface area (Å²) in [6.45, 7) is 8.22. The van der Waals surface area contributed by atoms with Gasteiger partial charge in [-0.25, -0.2) is 0 Å². The molecule has 2 N–H and O–H groups in total. The van der Waals surface area contributed by atoms with Crippen molar-refractivity contribution < 1.29 is 4.79 Å². The van der Waals surface area contributed by atoms with Gasteiger partial charge in [-0.1, -0.05) is 37.3 Å². The molecule has 1 aromatic rings. The fourth-order valence-electron chi connectivity index (χ4n) is 2.87. The standard InChI is InChI=1S/C19H30N4O/c1-3-20-19(21-12-11-18(24)23-13-7-8-14-23)22-15-16(2)17-9-5-4-6-10-17/h4-6,9-10,16H,3,7-8,11-15H2,1-2H3,(H2,20,21,22). The largest absolute Gasteiger partial charge is 0.357 e. The van der Waals surface area contributed by atoms with Gasteiger partial charge in [-0.2, -0.15) is 0 Å². The number of rotatable bonds is 7. The minimum atomic E-state index is 0.244. The molecule has 0 bridgehead atoms. The molecule has 0 aliphatic carbocycles. The fourth-order valence-corrected chi connectivity index (χ4v) is 2.87. The van der Waals surface area contributed by atoms with Crippen LogP contribution in [0.25, 0.3) is 0 Å². The molecule has 0 aromatic heterocycles. The summed E-state index contributed by atoms with van der Waals surface area (Å²) in [7, 11) is 0. The molecule has 1 unspecified atom stereocenters. The number of carbonyl (C=O) groups is 1. The number of amides is 1. The van der Waals surface area contributed by atoms with Crippen LogP contribution >= 0.6 is 0 Å². The first-order chi connectivity index (χ1) is 11.7. The summed E-state index contributed by atoms with van der Waals surface area (Å²) in [6, 6.07) is 10.4. The van der Waals surface area contributed by atoms with Gasteiger partial charge in [0.15, 0.2) is 5.96 Å². The van der Waals surface area contributed by atoms with E-state index in [0.717, 1.165) is 45.0 Å². The van der Waals surface area contributed by atoms with Crippen LogP contribution in [-0.4, -0.2) is 49.5 Å². The van der Waals surface area contributed by atoms with Gasteiger partial charge in [0.2, 0.25) is 5.91 Å². The van der Waals surface area contributed by atoms with Crippen LogP contribution < -0.4 is 10.6 Å². The van der Waals surface area contributed by atoms with Crippen molar-refractivity contribution >= 4 is 11.9 Å². The van der Waals surface area contributed by atoms with E-state index in [0.29, 0.717) is 18.9 Å². The second kappa shape index (κ2) is 9.96. The molecule has 0 spiro atoms. The van der Waals surface area contributed by atoms with Crippen LogP contribution in [0.15, 0.2) is 35.3 Å². The molecule has 1 aliphatic heterocycles. The molecule has 1 heterocycles. The topological polar surface area (TPSA) is 56.7 Å². The van der Waals surface area contributed by atoms with Crippen molar-refractivity contribution in [3.05, 3.63) is 35.9 Å². The van der Waals surface area contributed by atoms with Crippen molar-refractivity contribution in [3.63, 3.8) is 0 Å². The highest BCUT2D eigenvalue weighted by molar-refractivity contribution is 5.81. The van der Waals surface area contributed by atoms with Crippen LogP contribution in [0, 0.1) is 0 Å².